The van der Waals surface area contributed by atoms with Crippen LogP contribution in [-0.2, 0) is 27.1 Å². The Morgan fingerprint density at radius 1 is 0.463 bits per heavy atom. The van der Waals surface area contributed by atoms with Crippen molar-refractivity contribution in [2.45, 2.75) is 135 Å². The number of hydrogen-bond acceptors (Lipinski definition) is 4. The Kier molecular flexibility index (Phi) is 11.2. The van der Waals surface area contributed by atoms with Crippen LogP contribution in [0, 0.1) is 13.8 Å². The molecule has 2 aliphatic heterocycles. The molecule has 2 atom stereocenters. The molecular formula is C77H74BN3S. The molecule has 1 aromatic heterocycles. The molecule has 5 aliphatic rings. The van der Waals surface area contributed by atoms with Crippen molar-refractivity contribution in [2.24, 2.45) is 0 Å². The summed E-state index contributed by atoms with van der Waals surface area (Å²) in [4.78, 5) is 7.80. The molecule has 3 aliphatic carbocycles. The first-order valence-electron chi connectivity index (χ1n) is 30.2. The molecule has 9 aromatic carbocycles. The van der Waals surface area contributed by atoms with Crippen molar-refractivity contribution in [3.8, 4) is 22.3 Å². The van der Waals surface area contributed by atoms with Crippen LogP contribution in [0.3, 0.4) is 0 Å². The molecule has 0 saturated heterocycles. The SMILES string of the molecule is Cc1cc(-c2ccccc2)cc(C)c1N1c2ccc(C(C)(C)C)cc2B2c3c(cc(-c4ccc(N(c5ccccc5)c5ccccc5)cc4)cc31)N(c1ccc3c(c1)C(C)(C)CCC3(C)C)c1sc3cc4c(cc3c12)C1(C)CCC4(C)C1. The van der Waals surface area contributed by atoms with Gasteiger partial charge in [-0.15, -0.1) is 11.3 Å². The van der Waals surface area contributed by atoms with Gasteiger partial charge in [0.05, 0.1) is 10.7 Å². The maximum Gasteiger partial charge on any atom is 0.254 e. The number of thiophene rings is 1. The molecular weight excluding hydrogens is 1010 g/mol. The van der Waals surface area contributed by atoms with Gasteiger partial charge in [0.2, 0.25) is 0 Å². The molecule has 0 amide bonds. The van der Waals surface area contributed by atoms with Gasteiger partial charge in [0.1, 0.15) is 0 Å². The standard InChI is InChI=1S/C77H74BN3S/c1-48-39-52(50-21-15-12-16-22-50)40-49(2)71(48)81-65-34-29-54(73(3,4)5)43-64(65)78-69-59-45-62-63(77(11)38-37-76(62,10)47-77)46-68(59)82-72(69)80(58-32-33-60-61(44-58)75(8,9)36-35-74(60,6)7)66-41-53(42-67(81)70(66)78)51-27-30-57(31-28-51)79(55-23-17-13-18-24-55)56-25-19-14-20-26-56/h12-34,39-46H,35-38,47H2,1-11H3. The smallest absolute Gasteiger partial charge is 0.254 e. The van der Waals surface area contributed by atoms with Crippen molar-refractivity contribution in [3.05, 3.63) is 227 Å². The Bertz CT molecular complexity index is 4180. The topological polar surface area (TPSA) is 9.72 Å². The zero-order valence-electron chi connectivity index (χ0n) is 49.8. The minimum absolute atomic E-state index is 0.0162. The second-order valence-electron chi connectivity index (χ2n) is 27.9. The van der Waals surface area contributed by atoms with Gasteiger partial charge in [-0.2, -0.15) is 0 Å². The number of para-hydroxylation sites is 2. The Balaban J connectivity index is 1.04. The van der Waals surface area contributed by atoms with E-state index in [0.717, 1.165) is 23.5 Å². The Morgan fingerprint density at radius 2 is 1.01 bits per heavy atom. The molecule has 1 saturated carbocycles. The number of hydrogen-bond donors (Lipinski definition) is 0. The van der Waals surface area contributed by atoms with E-state index < -0.39 is 0 Å². The lowest BCUT2D eigenvalue weighted by Crippen LogP contribution is -2.61. The van der Waals surface area contributed by atoms with Crippen LogP contribution in [0.25, 0.3) is 32.3 Å². The van der Waals surface area contributed by atoms with Crippen molar-refractivity contribution in [1.82, 2.24) is 0 Å². The van der Waals surface area contributed by atoms with Crippen molar-refractivity contribution in [3.63, 3.8) is 0 Å². The van der Waals surface area contributed by atoms with Crippen LogP contribution in [-0.4, -0.2) is 6.71 Å². The van der Waals surface area contributed by atoms with Gasteiger partial charge in [0.15, 0.2) is 0 Å². The largest absolute Gasteiger partial charge is 0.311 e. The summed E-state index contributed by atoms with van der Waals surface area (Å²) in [6, 6.07) is 72.4. The van der Waals surface area contributed by atoms with Crippen LogP contribution in [0.15, 0.2) is 188 Å². The monoisotopic (exact) mass is 1080 g/mol. The van der Waals surface area contributed by atoms with Crippen molar-refractivity contribution >= 4 is 95.0 Å². The van der Waals surface area contributed by atoms with Crippen LogP contribution in [0.2, 0.25) is 0 Å². The van der Waals surface area contributed by atoms with Gasteiger partial charge >= 0.3 is 0 Å². The minimum Gasteiger partial charge on any atom is -0.311 e. The molecule has 3 nitrogen and oxygen atoms in total. The molecule has 5 heteroatoms. The summed E-state index contributed by atoms with van der Waals surface area (Å²) in [6.45, 7) is 26.8. The van der Waals surface area contributed by atoms with Gasteiger partial charge in [0, 0.05) is 44.5 Å². The van der Waals surface area contributed by atoms with Gasteiger partial charge in [-0.1, -0.05) is 159 Å². The Morgan fingerprint density at radius 3 is 1.63 bits per heavy atom. The molecule has 2 bridgehead atoms. The van der Waals surface area contributed by atoms with Crippen LogP contribution >= 0.6 is 11.3 Å². The highest BCUT2D eigenvalue weighted by Gasteiger charge is 2.54. The zero-order valence-corrected chi connectivity index (χ0v) is 50.6. The van der Waals surface area contributed by atoms with E-state index in [4.69, 9.17) is 0 Å². The number of nitrogens with zero attached hydrogens (tertiary/aromatic N) is 3. The van der Waals surface area contributed by atoms with Crippen molar-refractivity contribution < 1.29 is 0 Å². The lowest BCUT2D eigenvalue weighted by atomic mass is 9.33. The number of anilines is 9. The quantitative estimate of drug-likeness (QED) is 0.147. The van der Waals surface area contributed by atoms with Crippen LogP contribution in [0.4, 0.5) is 50.5 Å². The third kappa shape index (κ3) is 7.74. The second kappa shape index (κ2) is 18.0. The first-order chi connectivity index (χ1) is 39.3. The second-order valence-corrected chi connectivity index (χ2v) is 29.0. The third-order valence-electron chi connectivity index (χ3n) is 20.4. The number of rotatable bonds is 7. The fourth-order valence-corrected chi connectivity index (χ4v) is 17.3. The van der Waals surface area contributed by atoms with Gasteiger partial charge < -0.3 is 14.7 Å². The molecule has 0 radical (unpaired) electrons. The molecule has 0 N–H and O–H groups in total. The number of benzene rings is 9. The predicted octanol–water partition coefficient (Wildman–Crippen LogP) is 19.8. The molecule has 3 heterocycles. The average molecular weight is 1080 g/mol. The summed E-state index contributed by atoms with van der Waals surface area (Å²) in [5, 5.41) is 2.79. The van der Waals surface area contributed by atoms with Gasteiger partial charge in [-0.25, -0.2) is 0 Å². The zero-order chi connectivity index (χ0) is 56.4. The van der Waals surface area contributed by atoms with Crippen LogP contribution in [0.5, 0.6) is 0 Å². The first kappa shape index (κ1) is 51.3. The highest BCUT2D eigenvalue weighted by molar-refractivity contribution is 7.26. The predicted molar refractivity (Wildman–Crippen MR) is 353 cm³/mol. The summed E-state index contributed by atoms with van der Waals surface area (Å²) in [5.74, 6) is 0. The highest BCUT2D eigenvalue weighted by atomic mass is 32.1. The maximum atomic E-state index is 2.75. The van der Waals surface area contributed by atoms with E-state index in [9.17, 15) is 0 Å². The molecule has 406 valence electrons. The number of fused-ring (bicyclic) bond motifs is 12. The normalized spacial score (nSPS) is 19.6. The van der Waals surface area contributed by atoms with Crippen LogP contribution < -0.4 is 31.1 Å². The molecule has 0 spiro atoms. The van der Waals surface area contributed by atoms with Crippen LogP contribution in [0.1, 0.15) is 133 Å². The lowest BCUT2D eigenvalue weighted by Gasteiger charge is -2.45. The van der Waals surface area contributed by atoms with Gasteiger partial charge in [0.25, 0.3) is 6.71 Å². The molecule has 10 aromatic rings. The third-order valence-corrected chi connectivity index (χ3v) is 21.6. The summed E-state index contributed by atoms with van der Waals surface area (Å²) >= 11 is 2.04. The van der Waals surface area contributed by atoms with E-state index in [2.05, 4.69) is 279 Å². The maximum absolute atomic E-state index is 2.75. The Labute approximate surface area is 491 Å². The van der Waals surface area contributed by atoms with E-state index in [0.29, 0.717) is 0 Å². The summed E-state index contributed by atoms with van der Waals surface area (Å²) in [6.07, 6.45) is 6.11. The lowest BCUT2D eigenvalue weighted by molar-refractivity contribution is 0.332. The summed E-state index contributed by atoms with van der Waals surface area (Å²) in [5.41, 5.74) is 29.3. The van der Waals surface area contributed by atoms with E-state index in [1.807, 2.05) is 11.3 Å². The highest BCUT2D eigenvalue weighted by Crippen LogP contribution is 2.62. The number of aryl methyl sites for hydroxylation is 2. The molecule has 15 rings (SSSR count). The minimum atomic E-state index is -0.0627. The summed E-state index contributed by atoms with van der Waals surface area (Å²) in [7, 11) is 0. The van der Waals surface area contributed by atoms with E-state index in [-0.39, 0.29) is 33.8 Å². The van der Waals surface area contributed by atoms with E-state index in [1.54, 1.807) is 11.1 Å². The van der Waals surface area contributed by atoms with E-state index in [1.165, 1.54) is 136 Å². The fraction of sp³-hybridized carbons (Fsp3) is 0.273. The molecule has 82 heavy (non-hydrogen) atoms. The van der Waals surface area contributed by atoms with Crippen molar-refractivity contribution in [1.29, 1.82) is 0 Å². The summed E-state index contributed by atoms with van der Waals surface area (Å²) < 4.78 is 1.41. The van der Waals surface area contributed by atoms with Gasteiger partial charge in [-0.05, 0) is 247 Å². The van der Waals surface area contributed by atoms with Crippen molar-refractivity contribution in [2.75, 3.05) is 14.7 Å². The molecule has 1 fully saturated rings. The fourth-order valence-electron chi connectivity index (χ4n) is 16.0. The first-order valence-corrected chi connectivity index (χ1v) is 31.0. The molecule has 2 unspecified atom stereocenters. The van der Waals surface area contributed by atoms with Gasteiger partial charge in [-0.3, -0.25) is 0 Å². The Hall–Kier alpha value is -7.60. The average Bonchev–Trinajstić information content (AvgIpc) is 4.26. The van der Waals surface area contributed by atoms with E-state index >= 15 is 0 Å².